The monoisotopic (exact) mass is 415 g/mol. The first-order valence-electron chi connectivity index (χ1n) is 13.2. The van der Waals surface area contributed by atoms with Gasteiger partial charge in [-0.25, -0.2) is 0 Å². The van der Waals surface area contributed by atoms with Crippen LogP contribution in [0.25, 0.3) is 0 Å². The van der Waals surface area contributed by atoms with Gasteiger partial charge in [-0.15, -0.1) is 0 Å². The van der Waals surface area contributed by atoms with Gasteiger partial charge >= 0.3 is 0 Å². The van der Waals surface area contributed by atoms with E-state index in [-0.39, 0.29) is 11.6 Å². The van der Waals surface area contributed by atoms with Crippen LogP contribution in [-0.2, 0) is 0 Å². The topological polar surface area (TPSA) is 32.3 Å². The van der Waals surface area contributed by atoms with Crippen molar-refractivity contribution >= 4 is 0 Å². The van der Waals surface area contributed by atoms with Crippen molar-refractivity contribution in [3.63, 3.8) is 0 Å². The first kappa shape index (κ1) is 22.8. The number of rotatable bonds is 6. The minimum Gasteiger partial charge on any atom is -0.393 e. The van der Waals surface area contributed by atoms with Gasteiger partial charge in [0.05, 0.1) is 6.10 Å². The van der Waals surface area contributed by atoms with E-state index in [0.29, 0.717) is 10.8 Å². The number of hydrogen-bond acceptors (Lipinski definition) is 2. The predicted octanol–water partition coefficient (Wildman–Crippen LogP) is 6.73. The van der Waals surface area contributed by atoms with E-state index in [1.165, 1.54) is 57.8 Å². The van der Waals surface area contributed by atoms with E-state index >= 15 is 0 Å². The van der Waals surface area contributed by atoms with E-state index in [9.17, 15) is 5.11 Å². The molecule has 172 valence electrons. The molecule has 2 N–H and O–H groups in total. The lowest BCUT2D eigenvalue weighted by Crippen LogP contribution is -2.51. The van der Waals surface area contributed by atoms with Crippen molar-refractivity contribution in [3.05, 3.63) is 11.6 Å². The van der Waals surface area contributed by atoms with E-state index in [2.05, 4.69) is 53.1 Å². The number of nitrogens with one attached hydrogen (secondary N) is 1. The average molecular weight is 416 g/mol. The van der Waals surface area contributed by atoms with Gasteiger partial charge in [-0.3, -0.25) is 0 Å². The van der Waals surface area contributed by atoms with Gasteiger partial charge in [0.1, 0.15) is 0 Å². The molecule has 3 fully saturated rings. The van der Waals surface area contributed by atoms with Crippen molar-refractivity contribution < 1.29 is 5.11 Å². The third kappa shape index (κ3) is 3.72. The highest BCUT2D eigenvalue weighted by atomic mass is 16.3. The fraction of sp³-hybridized carbons (Fsp3) is 0.929. The van der Waals surface area contributed by atoms with Crippen LogP contribution >= 0.6 is 0 Å². The van der Waals surface area contributed by atoms with Crippen molar-refractivity contribution in [3.8, 4) is 0 Å². The molecule has 0 aromatic heterocycles. The quantitative estimate of drug-likeness (QED) is 0.471. The molecule has 8 atom stereocenters. The van der Waals surface area contributed by atoms with Crippen LogP contribution in [0.4, 0.5) is 0 Å². The van der Waals surface area contributed by atoms with Gasteiger partial charge in [0.25, 0.3) is 0 Å². The van der Waals surface area contributed by atoms with Crippen LogP contribution in [0.5, 0.6) is 0 Å². The average Bonchev–Trinajstić information content (AvgIpc) is 3.06. The summed E-state index contributed by atoms with van der Waals surface area (Å²) in [6, 6.07) is 0. The highest BCUT2D eigenvalue weighted by Gasteiger charge is 2.59. The van der Waals surface area contributed by atoms with Gasteiger partial charge in [0, 0.05) is 5.54 Å². The standard InChI is InChI=1S/C28H49NO/c1-7-19(12-15-26(2,3)29-6)23-10-11-24-22-9-8-20-18-21(30)13-16-27(20,4)25(22)14-17-28(23,24)5/h8,19,21-25,29-30H,7,9-18H2,1-6H3. The molecule has 8 unspecified atom stereocenters. The fourth-order valence-electron chi connectivity index (χ4n) is 8.82. The Labute approximate surface area is 186 Å². The van der Waals surface area contributed by atoms with Crippen LogP contribution < -0.4 is 5.32 Å². The molecular weight excluding hydrogens is 366 g/mol. The SMILES string of the molecule is CCC(CCC(C)(C)NC)C1CCC2C3CC=C4CC(O)CCC4(C)C3CCC12C. The Hall–Kier alpha value is -0.340. The van der Waals surface area contributed by atoms with Crippen LogP contribution in [0.15, 0.2) is 11.6 Å². The fourth-order valence-corrected chi connectivity index (χ4v) is 8.82. The molecule has 4 rings (SSSR count). The van der Waals surface area contributed by atoms with Gasteiger partial charge in [-0.1, -0.05) is 38.8 Å². The van der Waals surface area contributed by atoms with E-state index < -0.39 is 0 Å². The predicted molar refractivity (Wildman–Crippen MR) is 127 cm³/mol. The maximum absolute atomic E-state index is 10.3. The van der Waals surface area contributed by atoms with Crippen LogP contribution in [0.1, 0.15) is 105 Å². The van der Waals surface area contributed by atoms with Gasteiger partial charge in [-0.05, 0) is 126 Å². The molecule has 4 aliphatic rings. The Bertz CT molecular complexity index is 653. The molecule has 3 saturated carbocycles. The zero-order chi connectivity index (χ0) is 21.7. The second-order valence-corrected chi connectivity index (χ2v) is 12.7. The van der Waals surface area contributed by atoms with Crippen molar-refractivity contribution in [1.82, 2.24) is 5.32 Å². The maximum atomic E-state index is 10.3. The highest BCUT2D eigenvalue weighted by Crippen LogP contribution is 2.67. The molecule has 0 amide bonds. The van der Waals surface area contributed by atoms with Gasteiger partial charge < -0.3 is 10.4 Å². The molecule has 4 aliphatic carbocycles. The lowest BCUT2D eigenvalue weighted by Gasteiger charge is -2.58. The third-order valence-corrected chi connectivity index (χ3v) is 11.1. The molecule has 0 aliphatic heterocycles. The zero-order valence-electron chi connectivity index (χ0n) is 20.8. The highest BCUT2D eigenvalue weighted by molar-refractivity contribution is 5.25. The number of fused-ring (bicyclic) bond motifs is 5. The molecule has 2 heteroatoms. The molecule has 0 saturated heterocycles. The minimum atomic E-state index is -0.0854. The lowest BCUT2D eigenvalue weighted by molar-refractivity contribution is -0.0590. The molecule has 2 nitrogen and oxygen atoms in total. The van der Waals surface area contributed by atoms with Crippen molar-refractivity contribution in [1.29, 1.82) is 0 Å². The van der Waals surface area contributed by atoms with Crippen molar-refractivity contribution in [2.45, 2.75) is 117 Å². The van der Waals surface area contributed by atoms with Crippen LogP contribution in [0.2, 0.25) is 0 Å². The van der Waals surface area contributed by atoms with E-state index in [1.807, 2.05) is 0 Å². The molecular formula is C28H49NO. The first-order chi connectivity index (χ1) is 14.1. The molecule has 0 bridgehead atoms. The van der Waals surface area contributed by atoms with Gasteiger partial charge in [0.2, 0.25) is 0 Å². The van der Waals surface area contributed by atoms with E-state index in [4.69, 9.17) is 0 Å². The number of hydrogen-bond donors (Lipinski definition) is 2. The summed E-state index contributed by atoms with van der Waals surface area (Å²) in [6.45, 7) is 12.4. The van der Waals surface area contributed by atoms with Crippen LogP contribution in [0.3, 0.4) is 0 Å². The summed E-state index contributed by atoms with van der Waals surface area (Å²) >= 11 is 0. The van der Waals surface area contributed by atoms with Gasteiger partial charge in [-0.2, -0.15) is 0 Å². The largest absolute Gasteiger partial charge is 0.393 e. The first-order valence-corrected chi connectivity index (χ1v) is 13.2. The van der Waals surface area contributed by atoms with E-state index in [0.717, 1.165) is 42.4 Å². The normalized spacial score (nSPS) is 44.6. The maximum Gasteiger partial charge on any atom is 0.0577 e. The zero-order valence-corrected chi connectivity index (χ0v) is 20.8. The second kappa shape index (κ2) is 8.22. The van der Waals surface area contributed by atoms with Crippen molar-refractivity contribution in [2.75, 3.05) is 7.05 Å². The van der Waals surface area contributed by atoms with Gasteiger partial charge in [0.15, 0.2) is 0 Å². The van der Waals surface area contributed by atoms with E-state index in [1.54, 1.807) is 5.57 Å². The molecule has 0 heterocycles. The Morgan fingerprint density at radius 2 is 1.90 bits per heavy atom. The Morgan fingerprint density at radius 3 is 2.60 bits per heavy atom. The summed E-state index contributed by atoms with van der Waals surface area (Å²) in [5.74, 6) is 4.50. The minimum absolute atomic E-state index is 0.0854. The molecule has 0 aromatic carbocycles. The summed E-state index contributed by atoms with van der Waals surface area (Å²) in [6.07, 6.45) is 16.8. The Balaban J connectivity index is 1.52. The summed E-state index contributed by atoms with van der Waals surface area (Å²) in [7, 11) is 2.12. The smallest absolute Gasteiger partial charge is 0.0577 e. The molecule has 30 heavy (non-hydrogen) atoms. The Kier molecular flexibility index (Phi) is 6.26. The molecule has 0 radical (unpaired) electrons. The van der Waals surface area contributed by atoms with Crippen LogP contribution in [-0.4, -0.2) is 23.8 Å². The summed E-state index contributed by atoms with van der Waals surface area (Å²) in [5, 5.41) is 13.8. The third-order valence-electron chi connectivity index (χ3n) is 11.1. The molecule has 0 aromatic rings. The number of allylic oxidation sites excluding steroid dienone is 1. The molecule has 0 spiro atoms. The lowest BCUT2D eigenvalue weighted by atomic mass is 9.47. The number of aliphatic hydroxyl groups is 1. The van der Waals surface area contributed by atoms with Crippen LogP contribution in [0, 0.1) is 40.4 Å². The Morgan fingerprint density at radius 1 is 1.13 bits per heavy atom. The summed E-state index contributed by atoms with van der Waals surface area (Å²) < 4.78 is 0. The summed E-state index contributed by atoms with van der Waals surface area (Å²) in [4.78, 5) is 0. The van der Waals surface area contributed by atoms with Crippen molar-refractivity contribution in [2.24, 2.45) is 40.4 Å². The summed E-state index contributed by atoms with van der Waals surface area (Å²) in [5.41, 5.74) is 2.81. The number of aliphatic hydroxyl groups excluding tert-OH is 1. The second-order valence-electron chi connectivity index (χ2n) is 12.7.